The monoisotopic (exact) mass is 1240 g/mol. The van der Waals surface area contributed by atoms with Gasteiger partial charge < -0.3 is 24.8 Å². The van der Waals surface area contributed by atoms with Crippen molar-refractivity contribution in [3.05, 3.63) is 298 Å². The molecule has 10 aromatic carbocycles. The molecule has 0 heterocycles. The van der Waals surface area contributed by atoms with Crippen LogP contribution in [0.5, 0.6) is 0 Å². The van der Waals surface area contributed by atoms with E-state index < -0.39 is 0 Å². The fraction of sp³-hybridized carbons (Fsp3) is 0.211. The topological polar surface area (TPSA) is 0 Å². The van der Waals surface area contributed by atoms with Crippen LogP contribution in [-0.2, 0) is 74.2 Å². The first kappa shape index (κ1) is 65.4. The molecule has 10 aromatic rings. The molecule has 0 fully saturated rings. The Morgan fingerprint density at radius 2 is 0.613 bits per heavy atom. The molecule has 0 atom stereocenters. The van der Waals surface area contributed by atoms with Gasteiger partial charge >= 0.3 is 198 Å². The minimum atomic E-state index is 0. The van der Waals surface area contributed by atoms with E-state index in [-0.39, 0.29) is 24.8 Å². The predicted molar refractivity (Wildman–Crippen MR) is 335 cm³/mol. The van der Waals surface area contributed by atoms with Crippen LogP contribution >= 0.6 is 0 Å². The third-order valence-electron chi connectivity index (χ3n) is 14.1. The van der Waals surface area contributed by atoms with E-state index in [0.717, 1.165) is 38.5 Å². The summed E-state index contributed by atoms with van der Waals surface area (Å²) in [7, 11) is 0. The van der Waals surface area contributed by atoms with E-state index in [9.17, 15) is 0 Å². The Morgan fingerprint density at radius 3 is 0.812 bits per heavy atom. The van der Waals surface area contributed by atoms with Crippen LogP contribution in [0, 0.1) is 12.2 Å². The van der Waals surface area contributed by atoms with Gasteiger partial charge in [-0.05, 0) is 25.7 Å². The SMILES string of the molecule is CCCC1=[C-]CC=C1.CCCC1=[C-]CC=C1.CCc1ccc2c(c1)[cH-]c1cc(CC)ccc12.CCc1ccc2c(c1)[cH-]c1cc(CC)ccc12.[Cl-].[Cl-].[Zr+2]=[C](c1ccccc1)c1ccccc1.[Zr+2]=[C](c1ccccc1)c1ccccc1. The number of hydrogen-bond donors (Lipinski definition) is 0. The van der Waals surface area contributed by atoms with Crippen molar-refractivity contribution in [2.45, 2.75) is 106 Å². The second-order valence-electron chi connectivity index (χ2n) is 19.7. The molecule has 0 aliphatic heterocycles. The normalized spacial score (nSPS) is 11.7. The first-order chi connectivity index (χ1) is 38.2. The van der Waals surface area contributed by atoms with Crippen molar-refractivity contribution in [3.8, 4) is 0 Å². The van der Waals surface area contributed by atoms with Crippen LogP contribution < -0.4 is 24.8 Å². The summed E-state index contributed by atoms with van der Waals surface area (Å²) >= 11 is 2.92. The van der Waals surface area contributed by atoms with Gasteiger partial charge in [0.25, 0.3) is 0 Å². The molecular formula is C76H76Cl2Zr2-2. The molecule has 2 aliphatic rings. The van der Waals surface area contributed by atoms with Crippen LogP contribution in [-0.4, -0.2) is 6.41 Å². The molecule has 0 aromatic heterocycles. The van der Waals surface area contributed by atoms with Gasteiger partial charge in [0.15, 0.2) is 0 Å². The molecule has 0 saturated carbocycles. The molecule has 0 N–H and O–H groups in total. The van der Waals surface area contributed by atoms with E-state index in [0.29, 0.717) is 0 Å². The quantitative estimate of drug-likeness (QED) is 0.107. The zero-order chi connectivity index (χ0) is 54.9. The molecule has 0 amide bonds. The van der Waals surface area contributed by atoms with Crippen LogP contribution in [0.2, 0.25) is 0 Å². The summed E-state index contributed by atoms with van der Waals surface area (Å²) in [6.07, 6.45) is 26.6. The molecule has 12 rings (SSSR count). The predicted octanol–water partition coefficient (Wildman–Crippen LogP) is 14.2. The van der Waals surface area contributed by atoms with Gasteiger partial charge in [-0.2, -0.15) is 12.2 Å². The van der Waals surface area contributed by atoms with Crippen LogP contribution in [0.3, 0.4) is 0 Å². The fourth-order valence-electron chi connectivity index (χ4n) is 9.66. The zero-order valence-corrected chi connectivity index (χ0v) is 54.2. The molecule has 0 unspecified atom stereocenters. The molecule has 0 radical (unpaired) electrons. The third kappa shape index (κ3) is 19.3. The number of benzene rings is 8. The maximum atomic E-state index is 3.26. The van der Waals surface area contributed by atoms with Crippen molar-refractivity contribution in [2.75, 3.05) is 0 Å². The molecule has 0 spiro atoms. The summed E-state index contributed by atoms with van der Waals surface area (Å²) < 4.78 is 2.83. The van der Waals surface area contributed by atoms with Crippen molar-refractivity contribution < 1.29 is 73.3 Å². The fourth-order valence-corrected chi connectivity index (χ4v) is 11.3. The van der Waals surface area contributed by atoms with E-state index in [4.69, 9.17) is 0 Å². The van der Waals surface area contributed by atoms with Gasteiger partial charge in [-0.15, -0.1) is 92.3 Å². The molecule has 80 heavy (non-hydrogen) atoms. The molecule has 4 heteroatoms. The Balaban J connectivity index is 0.000000179. The minimum absolute atomic E-state index is 0. The molecule has 0 bridgehead atoms. The molecule has 2 aliphatic carbocycles. The van der Waals surface area contributed by atoms with Gasteiger partial charge in [-0.1, -0.05) is 138 Å². The summed E-state index contributed by atoms with van der Waals surface area (Å²) in [6.45, 7) is 13.2. The Hall–Kier alpha value is -5.45. The first-order valence-electron chi connectivity index (χ1n) is 28.4. The van der Waals surface area contributed by atoms with Crippen LogP contribution in [0.25, 0.3) is 43.1 Å². The van der Waals surface area contributed by atoms with E-state index in [2.05, 4.69) is 284 Å². The van der Waals surface area contributed by atoms with Crippen molar-refractivity contribution in [1.29, 1.82) is 0 Å². The summed E-state index contributed by atoms with van der Waals surface area (Å²) in [5.74, 6) is 0. The number of fused-ring (bicyclic) bond motifs is 6. The molecular weight excluding hydrogens is 1170 g/mol. The van der Waals surface area contributed by atoms with E-state index in [1.807, 2.05) is 0 Å². The number of aryl methyl sites for hydroxylation is 4. The summed E-state index contributed by atoms with van der Waals surface area (Å²) in [5, 5.41) is 11.1. The van der Waals surface area contributed by atoms with Gasteiger partial charge in [0.2, 0.25) is 0 Å². The zero-order valence-electron chi connectivity index (χ0n) is 47.8. The standard InChI is InChI=1S/2C17H17.2C13H10.2C8H11.2ClH.2Zr/c2*1-3-12-5-7-16-14(9-12)11-15-10-13(4-2)6-8-17(15)16;2*1-3-7-12(8-4-1)11-13-9-5-2-6-10-13;2*1-2-5-8-6-3-4-7-8;;;;/h2*5-11H,3-4H2,1-2H3;2*1-10H;2*3,6H,2,4-5H2,1H3;2*1H;;/q2*-1;;;2*-1;;;2*+2/p-2. The van der Waals surface area contributed by atoms with Crippen LogP contribution in [0.4, 0.5) is 0 Å². The van der Waals surface area contributed by atoms with Gasteiger partial charge in [0, 0.05) is 0 Å². The second kappa shape index (κ2) is 35.4. The Kier molecular flexibility index (Phi) is 28.9. The summed E-state index contributed by atoms with van der Waals surface area (Å²) in [6, 6.07) is 74.2. The third-order valence-corrected chi connectivity index (χ3v) is 17.0. The Bertz CT molecular complexity index is 3150. The Morgan fingerprint density at radius 1 is 0.362 bits per heavy atom. The van der Waals surface area contributed by atoms with Crippen LogP contribution in [0.15, 0.2) is 242 Å². The number of allylic oxidation sites excluding steroid dienone is 8. The van der Waals surface area contributed by atoms with Crippen molar-refractivity contribution in [3.63, 3.8) is 0 Å². The van der Waals surface area contributed by atoms with E-state index in [1.54, 1.807) is 0 Å². The maximum absolute atomic E-state index is 3.26. The van der Waals surface area contributed by atoms with Gasteiger partial charge in [-0.3, -0.25) is 12.2 Å². The number of halogens is 2. The van der Waals surface area contributed by atoms with E-state index in [1.165, 1.54) is 179 Å². The van der Waals surface area contributed by atoms with Gasteiger partial charge in [0.05, 0.1) is 0 Å². The number of hydrogen-bond acceptors (Lipinski definition) is 0. The Labute approximate surface area is 522 Å². The van der Waals surface area contributed by atoms with Gasteiger partial charge in [0.1, 0.15) is 0 Å². The average Bonchev–Trinajstić information content (AvgIpc) is 4.36. The average molecular weight is 1240 g/mol. The van der Waals surface area contributed by atoms with Crippen molar-refractivity contribution in [1.82, 2.24) is 0 Å². The molecule has 0 nitrogen and oxygen atoms in total. The van der Waals surface area contributed by atoms with Crippen molar-refractivity contribution in [2.24, 2.45) is 0 Å². The first-order valence-corrected chi connectivity index (χ1v) is 30.8. The molecule has 0 saturated heterocycles. The van der Waals surface area contributed by atoms with Crippen molar-refractivity contribution >= 4 is 49.5 Å². The molecule has 404 valence electrons. The van der Waals surface area contributed by atoms with E-state index >= 15 is 0 Å². The number of rotatable bonds is 12. The van der Waals surface area contributed by atoms with Crippen LogP contribution in [0.1, 0.15) is 125 Å². The summed E-state index contributed by atoms with van der Waals surface area (Å²) in [5.41, 5.74) is 13.8. The summed E-state index contributed by atoms with van der Waals surface area (Å²) in [4.78, 5) is 0. The van der Waals surface area contributed by atoms with Gasteiger partial charge in [-0.25, -0.2) is 23.3 Å². The second-order valence-corrected chi connectivity index (χ2v) is 22.2.